The van der Waals surface area contributed by atoms with Crippen LogP contribution in [-0.4, -0.2) is 18.7 Å². The van der Waals surface area contributed by atoms with Gasteiger partial charge in [-0.3, -0.25) is 0 Å². The first kappa shape index (κ1) is 13.7. The van der Waals surface area contributed by atoms with Crippen LogP contribution >= 0.6 is 0 Å². The van der Waals surface area contributed by atoms with E-state index in [-0.39, 0.29) is 0 Å². The van der Waals surface area contributed by atoms with Crippen molar-refractivity contribution in [2.24, 2.45) is 0 Å². The minimum absolute atomic E-state index is 0.437. The summed E-state index contributed by atoms with van der Waals surface area (Å²) in [6.07, 6.45) is 5.44. The van der Waals surface area contributed by atoms with Crippen LogP contribution < -0.4 is 10.1 Å². The second-order valence-electron chi connectivity index (χ2n) is 4.72. The van der Waals surface area contributed by atoms with Crippen LogP contribution in [0.3, 0.4) is 0 Å². The predicted molar refractivity (Wildman–Crippen MR) is 78.6 cm³/mol. The van der Waals surface area contributed by atoms with Gasteiger partial charge in [-0.15, -0.1) is 0 Å². The first-order valence-electron chi connectivity index (χ1n) is 6.72. The van der Waals surface area contributed by atoms with Crippen LogP contribution in [0.25, 0.3) is 0 Å². The van der Waals surface area contributed by atoms with E-state index >= 15 is 0 Å². The minimum Gasteiger partial charge on any atom is -0.497 e. The molecule has 2 aromatic rings. The van der Waals surface area contributed by atoms with E-state index in [9.17, 15) is 0 Å². The molecule has 0 fully saturated rings. The lowest BCUT2D eigenvalue weighted by atomic mass is 10.1. The molecule has 2 rings (SSSR count). The van der Waals surface area contributed by atoms with Gasteiger partial charge in [0.1, 0.15) is 5.75 Å². The third-order valence-electron chi connectivity index (χ3n) is 3.43. The number of aromatic nitrogens is 1. The summed E-state index contributed by atoms with van der Waals surface area (Å²) in [5.74, 6) is 0.909. The van der Waals surface area contributed by atoms with Crippen LogP contribution in [0.1, 0.15) is 30.5 Å². The zero-order valence-corrected chi connectivity index (χ0v) is 11.9. The second kappa shape index (κ2) is 6.43. The second-order valence-corrected chi connectivity index (χ2v) is 4.72. The molecule has 1 heterocycles. The zero-order chi connectivity index (χ0) is 13.7. The van der Waals surface area contributed by atoms with Gasteiger partial charge in [-0.25, -0.2) is 0 Å². The molecule has 0 saturated heterocycles. The monoisotopic (exact) mass is 258 g/mol. The smallest absolute Gasteiger partial charge is 0.119 e. The van der Waals surface area contributed by atoms with Crippen molar-refractivity contribution in [1.29, 1.82) is 0 Å². The molecule has 1 unspecified atom stereocenters. The molecule has 0 amide bonds. The van der Waals surface area contributed by atoms with Crippen LogP contribution in [-0.2, 0) is 6.54 Å². The van der Waals surface area contributed by atoms with Crippen molar-refractivity contribution in [3.63, 3.8) is 0 Å². The van der Waals surface area contributed by atoms with Crippen molar-refractivity contribution in [2.45, 2.75) is 25.9 Å². The molecular formula is C16H22N2O. The summed E-state index contributed by atoms with van der Waals surface area (Å²) < 4.78 is 7.46. The molecule has 0 aliphatic heterocycles. The summed E-state index contributed by atoms with van der Waals surface area (Å²) in [5, 5.41) is 3.33. The molecule has 1 aromatic carbocycles. The lowest BCUT2D eigenvalue weighted by molar-refractivity contribution is 0.414. The average Bonchev–Trinajstić information content (AvgIpc) is 2.89. The number of nitrogens with zero attached hydrogens (tertiary/aromatic N) is 1. The Morgan fingerprint density at radius 3 is 2.84 bits per heavy atom. The van der Waals surface area contributed by atoms with Crippen molar-refractivity contribution in [1.82, 2.24) is 9.88 Å². The lowest BCUT2D eigenvalue weighted by Crippen LogP contribution is -2.14. The van der Waals surface area contributed by atoms with Gasteiger partial charge >= 0.3 is 0 Å². The van der Waals surface area contributed by atoms with Crippen LogP contribution in [0.5, 0.6) is 5.75 Å². The normalized spacial score (nSPS) is 12.4. The van der Waals surface area contributed by atoms with Gasteiger partial charge in [0.15, 0.2) is 0 Å². The molecule has 102 valence electrons. The fourth-order valence-electron chi connectivity index (χ4n) is 2.35. The average molecular weight is 258 g/mol. The predicted octanol–water partition coefficient (Wildman–Crippen LogP) is 3.22. The molecule has 0 aliphatic carbocycles. The molecular weight excluding hydrogens is 236 g/mol. The van der Waals surface area contributed by atoms with Gasteiger partial charge in [-0.1, -0.05) is 19.1 Å². The summed E-state index contributed by atoms with van der Waals surface area (Å²) in [6.45, 7) is 3.07. The molecule has 1 aromatic heterocycles. The number of methoxy groups -OCH3 is 1. The molecule has 19 heavy (non-hydrogen) atoms. The lowest BCUT2D eigenvalue weighted by Gasteiger charge is -2.11. The van der Waals surface area contributed by atoms with Crippen LogP contribution in [0.2, 0.25) is 0 Å². The Morgan fingerprint density at radius 2 is 2.16 bits per heavy atom. The molecule has 0 bridgehead atoms. The van der Waals surface area contributed by atoms with Gasteiger partial charge in [0, 0.05) is 25.0 Å². The first-order chi connectivity index (χ1) is 9.26. The van der Waals surface area contributed by atoms with Crippen LogP contribution in [0, 0.1) is 0 Å². The molecule has 3 nitrogen and oxygen atoms in total. The van der Waals surface area contributed by atoms with Gasteiger partial charge in [-0.05, 0) is 42.8 Å². The van der Waals surface area contributed by atoms with E-state index in [2.05, 4.69) is 47.4 Å². The van der Waals surface area contributed by atoms with Gasteiger partial charge in [0.2, 0.25) is 0 Å². The minimum atomic E-state index is 0.437. The quantitative estimate of drug-likeness (QED) is 0.861. The number of ether oxygens (including phenoxy) is 1. The highest BCUT2D eigenvalue weighted by atomic mass is 16.5. The van der Waals surface area contributed by atoms with E-state index in [4.69, 9.17) is 4.74 Å². The summed E-state index contributed by atoms with van der Waals surface area (Å²) >= 11 is 0. The van der Waals surface area contributed by atoms with Gasteiger partial charge in [0.25, 0.3) is 0 Å². The van der Waals surface area contributed by atoms with Gasteiger partial charge in [0.05, 0.1) is 7.11 Å². The molecule has 0 radical (unpaired) electrons. The number of hydrogen-bond donors (Lipinski definition) is 1. The van der Waals surface area contributed by atoms with Crippen molar-refractivity contribution >= 4 is 0 Å². The Bertz CT molecular complexity index is 515. The highest BCUT2D eigenvalue weighted by Crippen LogP contribution is 2.18. The highest BCUT2D eigenvalue weighted by molar-refractivity contribution is 5.29. The van der Waals surface area contributed by atoms with Crippen molar-refractivity contribution < 1.29 is 4.74 Å². The largest absolute Gasteiger partial charge is 0.497 e. The van der Waals surface area contributed by atoms with Crippen molar-refractivity contribution in [3.8, 4) is 5.75 Å². The third kappa shape index (κ3) is 3.38. The number of hydrogen-bond acceptors (Lipinski definition) is 2. The molecule has 0 spiro atoms. The Kier molecular flexibility index (Phi) is 4.63. The van der Waals surface area contributed by atoms with E-state index in [0.717, 1.165) is 18.7 Å². The summed E-state index contributed by atoms with van der Waals surface area (Å²) in [4.78, 5) is 0. The van der Waals surface area contributed by atoms with Crippen LogP contribution in [0.15, 0.2) is 42.7 Å². The van der Waals surface area contributed by atoms with E-state index in [1.54, 1.807) is 7.11 Å². The fourth-order valence-corrected chi connectivity index (χ4v) is 2.35. The zero-order valence-electron chi connectivity index (χ0n) is 11.9. The van der Waals surface area contributed by atoms with Crippen molar-refractivity contribution in [3.05, 3.63) is 53.9 Å². The topological polar surface area (TPSA) is 26.2 Å². The van der Waals surface area contributed by atoms with Gasteiger partial charge < -0.3 is 14.6 Å². The maximum absolute atomic E-state index is 5.25. The maximum Gasteiger partial charge on any atom is 0.119 e. The van der Waals surface area contributed by atoms with E-state index in [1.165, 1.54) is 11.1 Å². The summed E-state index contributed by atoms with van der Waals surface area (Å²) in [5.41, 5.74) is 2.59. The molecule has 0 saturated carbocycles. The standard InChI is InChI=1S/C16H22N2O/c1-4-16(17-2)14-8-9-18(12-14)11-13-6-5-7-15(10-13)19-3/h5-10,12,16-17H,4,11H2,1-3H3. The van der Waals surface area contributed by atoms with E-state index in [1.807, 2.05) is 19.2 Å². The first-order valence-corrected chi connectivity index (χ1v) is 6.72. The van der Waals surface area contributed by atoms with E-state index in [0.29, 0.717) is 6.04 Å². The van der Waals surface area contributed by atoms with E-state index < -0.39 is 0 Å². The molecule has 3 heteroatoms. The fraction of sp³-hybridized carbons (Fsp3) is 0.375. The Hall–Kier alpha value is -1.74. The maximum atomic E-state index is 5.25. The Morgan fingerprint density at radius 1 is 1.32 bits per heavy atom. The van der Waals surface area contributed by atoms with Gasteiger partial charge in [-0.2, -0.15) is 0 Å². The Labute approximate surface area is 115 Å². The summed E-state index contributed by atoms with van der Waals surface area (Å²) in [6, 6.07) is 10.8. The molecule has 1 N–H and O–H groups in total. The highest BCUT2D eigenvalue weighted by Gasteiger charge is 2.08. The number of benzene rings is 1. The third-order valence-corrected chi connectivity index (χ3v) is 3.43. The van der Waals surface area contributed by atoms with Crippen LogP contribution in [0.4, 0.5) is 0 Å². The SMILES string of the molecule is CCC(NC)c1ccn(Cc2cccc(OC)c2)c1. The van der Waals surface area contributed by atoms with Crippen molar-refractivity contribution in [2.75, 3.05) is 14.2 Å². The Balaban J connectivity index is 2.10. The molecule has 0 aliphatic rings. The number of nitrogens with one attached hydrogen (secondary N) is 1. The molecule has 1 atom stereocenters. The number of rotatable bonds is 6. The summed E-state index contributed by atoms with van der Waals surface area (Å²) in [7, 11) is 3.71.